The molecular formula is C13H22ClN3O2. The Hall–Kier alpha value is -0.910. The van der Waals surface area contributed by atoms with Crippen molar-refractivity contribution in [2.45, 2.75) is 39.2 Å². The minimum atomic E-state index is -0.855. The van der Waals surface area contributed by atoms with Gasteiger partial charge in [0.05, 0.1) is 5.60 Å². The highest BCUT2D eigenvalue weighted by molar-refractivity contribution is 6.30. The van der Waals surface area contributed by atoms with E-state index in [2.05, 4.69) is 15.3 Å². The van der Waals surface area contributed by atoms with Gasteiger partial charge < -0.3 is 15.2 Å². The van der Waals surface area contributed by atoms with E-state index in [9.17, 15) is 5.11 Å². The molecule has 1 rings (SSSR count). The first kappa shape index (κ1) is 16.1. The molecule has 1 atom stereocenters. The van der Waals surface area contributed by atoms with Gasteiger partial charge in [0, 0.05) is 38.7 Å². The van der Waals surface area contributed by atoms with Crippen molar-refractivity contribution in [2.75, 3.05) is 25.6 Å². The van der Waals surface area contributed by atoms with Crippen LogP contribution in [0.25, 0.3) is 0 Å². The number of hydrogen-bond acceptors (Lipinski definition) is 5. The predicted octanol–water partition coefficient (Wildman–Crippen LogP) is 2.20. The van der Waals surface area contributed by atoms with Crippen LogP contribution in [0.2, 0.25) is 5.15 Å². The molecule has 0 aliphatic rings. The summed E-state index contributed by atoms with van der Waals surface area (Å²) in [5, 5.41) is 13.8. The third kappa shape index (κ3) is 4.93. The van der Waals surface area contributed by atoms with Crippen LogP contribution in [0.4, 0.5) is 5.82 Å². The lowest BCUT2D eigenvalue weighted by molar-refractivity contribution is 0.0357. The lowest BCUT2D eigenvalue weighted by Crippen LogP contribution is -2.35. The second-order valence-electron chi connectivity index (χ2n) is 4.85. The van der Waals surface area contributed by atoms with Crippen molar-refractivity contribution < 1.29 is 9.84 Å². The SMILES string of the molecule is CCc1nc(Cl)c(C)c(NCC(C)(O)CCOC)n1. The second kappa shape index (κ2) is 7.03. The monoisotopic (exact) mass is 287 g/mol. The van der Waals surface area contributed by atoms with Gasteiger partial charge >= 0.3 is 0 Å². The average molecular weight is 288 g/mol. The maximum absolute atomic E-state index is 10.2. The van der Waals surface area contributed by atoms with Crippen molar-refractivity contribution in [1.82, 2.24) is 9.97 Å². The fourth-order valence-electron chi connectivity index (χ4n) is 1.55. The van der Waals surface area contributed by atoms with Crippen LogP contribution in [0.3, 0.4) is 0 Å². The average Bonchev–Trinajstić information content (AvgIpc) is 2.38. The zero-order valence-electron chi connectivity index (χ0n) is 12.0. The summed E-state index contributed by atoms with van der Waals surface area (Å²) in [4.78, 5) is 8.56. The topological polar surface area (TPSA) is 67.3 Å². The summed E-state index contributed by atoms with van der Waals surface area (Å²) in [5.74, 6) is 1.36. The molecule has 1 heterocycles. The third-order valence-corrected chi connectivity index (χ3v) is 3.30. The molecule has 1 aromatic rings. The molecule has 1 unspecified atom stereocenters. The fourth-order valence-corrected chi connectivity index (χ4v) is 1.73. The Balaban J connectivity index is 2.74. The van der Waals surface area contributed by atoms with E-state index in [4.69, 9.17) is 16.3 Å². The smallest absolute Gasteiger partial charge is 0.137 e. The number of aliphatic hydroxyl groups is 1. The molecule has 6 heteroatoms. The number of ether oxygens (including phenoxy) is 1. The molecule has 0 saturated heterocycles. The maximum atomic E-state index is 10.2. The number of aromatic nitrogens is 2. The fraction of sp³-hybridized carbons (Fsp3) is 0.692. The molecule has 19 heavy (non-hydrogen) atoms. The number of methoxy groups -OCH3 is 1. The van der Waals surface area contributed by atoms with Gasteiger partial charge in [-0.2, -0.15) is 0 Å². The highest BCUT2D eigenvalue weighted by atomic mass is 35.5. The molecule has 0 amide bonds. The quantitative estimate of drug-likeness (QED) is 0.753. The Morgan fingerprint density at radius 1 is 1.42 bits per heavy atom. The molecule has 1 aromatic heterocycles. The van der Waals surface area contributed by atoms with E-state index in [1.54, 1.807) is 14.0 Å². The van der Waals surface area contributed by atoms with Crippen molar-refractivity contribution in [1.29, 1.82) is 0 Å². The Labute approximate surface area is 119 Å². The van der Waals surface area contributed by atoms with Crippen molar-refractivity contribution in [3.05, 3.63) is 16.5 Å². The molecule has 0 aliphatic heterocycles. The van der Waals surface area contributed by atoms with Gasteiger partial charge in [-0.25, -0.2) is 9.97 Å². The molecule has 0 aromatic carbocycles. The Morgan fingerprint density at radius 3 is 2.68 bits per heavy atom. The van der Waals surface area contributed by atoms with Gasteiger partial charge in [0.25, 0.3) is 0 Å². The minimum absolute atomic E-state index is 0.383. The van der Waals surface area contributed by atoms with Crippen LogP contribution in [0.15, 0.2) is 0 Å². The minimum Gasteiger partial charge on any atom is -0.388 e. The summed E-state index contributed by atoms with van der Waals surface area (Å²) in [6.07, 6.45) is 1.27. The number of hydrogen-bond donors (Lipinski definition) is 2. The molecule has 5 nitrogen and oxygen atoms in total. The molecule has 0 saturated carbocycles. The van der Waals surface area contributed by atoms with Crippen molar-refractivity contribution >= 4 is 17.4 Å². The number of anilines is 1. The van der Waals surface area contributed by atoms with E-state index < -0.39 is 5.60 Å². The molecule has 108 valence electrons. The standard InChI is InChI=1S/C13H22ClN3O2/c1-5-10-16-11(14)9(2)12(17-10)15-8-13(3,18)6-7-19-4/h18H,5-8H2,1-4H3,(H,15,16,17). The lowest BCUT2D eigenvalue weighted by atomic mass is 10.0. The summed E-state index contributed by atoms with van der Waals surface area (Å²) in [5.41, 5.74) is -0.0619. The zero-order chi connectivity index (χ0) is 14.5. The van der Waals surface area contributed by atoms with E-state index in [0.29, 0.717) is 36.4 Å². The van der Waals surface area contributed by atoms with Gasteiger partial charge in [0.2, 0.25) is 0 Å². The number of halogens is 1. The van der Waals surface area contributed by atoms with Gasteiger partial charge in [0.1, 0.15) is 16.8 Å². The van der Waals surface area contributed by atoms with Gasteiger partial charge in [-0.05, 0) is 13.8 Å². The van der Waals surface area contributed by atoms with E-state index >= 15 is 0 Å². The lowest BCUT2D eigenvalue weighted by Gasteiger charge is -2.24. The van der Waals surface area contributed by atoms with E-state index in [0.717, 1.165) is 12.0 Å². The van der Waals surface area contributed by atoms with Crippen LogP contribution in [-0.2, 0) is 11.2 Å². The summed E-state index contributed by atoms with van der Waals surface area (Å²) >= 11 is 6.06. The summed E-state index contributed by atoms with van der Waals surface area (Å²) in [7, 11) is 1.62. The molecule has 2 N–H and O–H groups in total. The Kier molecular flexibility index (Phi) is 5.97. The van der Waals surface area contributed by atoms with Crippen LogP contribution in [-0.4, -0.2) is 40.9 Å². The van der Waals surface area contributed by atoms with Crippen LogP contribution in [0.5, 0.6) is 0 Å². The second-order valence-corrected chi connectivity index (χ2v) is 5.21. The van der Waals surface area contributed by atoms with Crippen molar-refractivity contribution in [3.8, 4) is 0 Å². The van der Waals surface area contributed by atoms with Crippen molar-refractivity contribution in [3.63, 3.8) is 0 Å². The zero-order valence-corrected chi connectivity index (χ0v) is 12.7. The molecule has 0 fully saturated rings. The number of rotatable bonds is 7. The first-order valence-corrected chi connectivity index (χ1v) is 6.75. The van der Waals surface area contributed by atoms with Gasteiger partial charge in [-0.1, -0.05) is 18.5 Å². The Bertz CT molecular complexity index is 425. The molecule has 0 bridgehead atoms. The number of nitrogens with zero attached hydrogens (tertiary/aromatic N) is 2. The van der Waals surface area contributed by atoms with Gasteiger partial charge in [0.15, 0.2) is 0 Å². The number of aryl methyl sites for hydroxylation is 1. The summed E-state index contributed by atoms with van der Waals surface area (Å²) in [6.45, 7) is 6.48. The van der Waals surface area contributed by atoms with Crippen molar-refractivity contribution in [2.24, 2.45) is 0 Å². The molecule has 0 spiro atoms. The first-order valence-electron chi connectivity index (χ1n) is 6.38. The Morgan fingerprint density at radius 2 is 2.11 bits per heavy atom. The van der Waals surface area contributed by atoms with Gasteiger partial charge in [-0.15, -0.1) is 0 Å². The third-order valence-electron chi connectivity index (χ3n) is 2.93. The first-order chi connectivity index (χ1) is 8.89. The summed E-state index contributed by atoms with van der Waals surface area (Å²) in [6, 6.07) is 0. The number of nitrogens with one attached hydrogen (secondary N) is 1. The predicted molar refractivity (Wildman–Crippen MR) is 76.8 cm³/mol. The highest BCUT2D eigenvalue weighted by Crippen LogP contribution is 2.21. The van der Waals surface area contributed by atoms with E-state index in [1.165, 1.54) is 0 Å². The van der Waals surface area contributed by atoms with E-state index in [1.807, 2.05) is 13.8 Å². The molecular weight excluding hydrogens is 266 g/mol. The summed E-state index contributed by atoms with van der Waals surface area (Å²) < 4.78 is 4.97. The normalized spacial score (nSPS) is 14.2. The molecule has 0 aliphatic carbocycles. The van der Waals surface area contributed by atoms with Crippen LogP contribution >= 0.6 is 11.6 Å². The molecule has 0 radical (unpaired) electrons. The van der Waals surface area contributed by atoms with Crippen LogP contribution in [0, 0.1) is 6.92 Å². The largest absolute Gasteiger partial charge is 0.388 e. The van der Waals surface area contributed by atoms with Crippen LogP contribution < -0.4 is 5.32 Å². The highest BCUT2D eigenvalue weighted by Gasteiger charge is 2.20. The maximum Gasteiger partial charge on any atom is 0.137 e. The van der Waals surface area contributed by atoms with E-state index in [-0.39, 0.29) is 0 Å². The van der Waals surface area contributed by atoms with Crippen LogP contribution in [0.1, 0.15) is 31.7 Å². The van der Waals surface area contributed by atoms with Gasteiger partial charge in [-0.3, -0.25) is 0 Å².